The summed E-state index contributed by atoms with van der Waals surface area (Å²) in [7, 11) is 0. The third-order valence-corrected chi connectivity index (χ3v) is 3.05. The number of aromatic nitrogens is 1. The van der Waals surface area contributed by atoms with E-state index in [4.69, 9.17) is 0 Å². The standard InChI is InChI=1S/C19H18F2N2O/c1-19(2,3)12-23-18(24)17-9-5-13(11-22-17)4-6-14-10-15(20)7-8-16(14)21/h5,7-11H,12H2,1-3H3,(H,23,24). The van der Waals surface area contributed by atoms with Crippen LogP contribution in [-0.2, 0) is 0 Å². The van der Waals surface area contributed by atoms with Crippen molar-refractivity contribution in [1.29, 1.82) is 0 Å². The molecule has 0 unspecified atom stereocenters. The van der Waals surface area contributed by atoms with E-state index in [1.54, 1.807) is 12.1 Å². The molecule has 5 heteroatoms. The molecule has 1 amide bonds. The molecule has 0 fully saturated rings. The molecule has 0 atom stereocenters. The second kappa shape index (κ2) is 7.22. The van der Waals surface area contributed by atoms with Gasteiger partial charge in [0.25, 0.3) is 5.91 Å². The molecule has 0 aliphatic carbocycles. The summed E-state index contributed by atoms with van der Waals surface area (Å²) in [5.74, 6) is 3.86. The number of carbonyl (C=O) groups is 1. The smallest absolute Gasteiger partial charge is 0.269 e. The zero-order valence-corrected chi connectivity index (χ0v) is 13.8. The molecule has 2 rings (SSSR count). The van der Waals surface area contributed by atoms with Crippen LogP contribution >= 0.6 is 0 Å². The Morgan fingerprint density at radius 2 is 1.92 bits per heavy atom. The van der Waals surface area contributed by atoms with E-state index in [-0.39, 0.29) is 22.6 Å². The minimum atomic E-state index is -0.588. The highest BCUT2D eigenvalue weighted by molar-refractivity contribution is 5.92. The summed E-state index contributed by atoms with van der Waals surface area (Å²) in [5.41, 5.74) is 0.741. The Morgan fingerprint density at radius 1 is 1.17 bits per heavy atom. The van der Waals surface area contributed by atoms with Crippen LogP contribution in [0.2, 0.25) is 0 Å². The molecular formula is C19H18F2N2O. The fourth-order valence-electron chi connectivity index (χ4n) is 1.77. The maximum atomic E-state index is 13.5. The van der Waals surface area contributed by atoms with Gasteiger partial charge in [0.1, 0.15) is 17.3 Å². The lowest BCUT2D eigenvalue weighted by Gasteiger charge is -2.18. The molecule has 0 saturated heterocycles. The van der Waals surface area contributed by atoms with E-state index in [2.05, 4.69) is 22.1 Å². The van der Waals surface area contributed by atoms with Crippen LogP contribution in [0.15, 0.2) is 36.5 Å². The minimum Gasteiger partial charge on any atom is -0.350 e. The molecule has 0 spiro atoms. The van der Waals surface area contributed by atoms with E-state index in [9.17, 15) is 13.6 Å². The lowest BCUT2D eigenvalue weighted by Crippen LogP contribution is -2.32. The van der Waals surface area contributed by atoms with Crippen LogP contribution in [0, 0.1) is 28.9 Å². The first-order valence-electron chi connectivity index (χ1n) is 7.46. The maximum Gasteiger partial charge on any atom is 0.269 e. The number of halogens is 2. The largest absolute Gasteiger partial charge is 0.350 e. The molecule has 1 heterocycles. The number of benzene rings is 1. The molecule has 1 aromatic heterocycles. The Balaban J connectivity index is 2.09. The second-order valence-corrected chi connectivity index (χ2v) is 6.55. The van der Waals surface area contributed by atoms with Crippen molar-refractivity contribution < 1.29 is 13.6 Å². The molecule has 0 radical (unpaired) electrons. The number of hydrogen-bond donors (Lipinski definition) is 1. The summed E-state index contributed by atoms with van der Waals surface area (Å²) in [4.78, 5) is 16.0. The number of hydrogen-bond acceptors (Lipinski definition) is 2. The molecule has 0 aliphatic heterocycles. The van der Waals surface area contributed by atoms with E-state index < -0.39 is 11.6 Å². The topological polar surface area (TPSA) is 42.0 Å². The molecule has 0 bridgehead atoms. The lowest BCUT2D eigenvalue weighted by atomic mass is 9.97. The number of amides is 1. The van der Waals surface area contributed by atoms with Gasteiger partial charge in [-0.15, -0.1) is 0 Å². The SMILES string of the molecule is CC(C)(C)CNC(=O)c1ccc(C#Cc2cc(F)ccc2F)cn1. The third-order valence-electron chi connectivity index (χ3n) is 3.05. The zero-order valence-electron chi connectivity index (χ0n) is 13.8. The molecule has 1 aromatic carbocycles. The van der Waals surface area contributed by atoms with Crippen molar-refractivity contribution in [3.05, 3.63) is 65.0 Å². The Bertz CT molecular complexity index is 797. The number of nitrogens with zero attached hydrogens (tertiary/aromatic N) is 1. The lowest BCUT2D eigenvalue weighted by molar-refractivity contribution is 0.0934. The first-order valence-corrected chi connectivity index (χ1v) is 7.46. The van der Waals surface area contributed by atoms with Gasteiger partial charge < -0.3 is 5.32 Å². The highest BCUT2D eigenvalue weighted by atomic mass is 19.1. The van der Waals surface area contributed by atoms with Crippen LogP contribution in [0.1, 0.15) is 42.4 Å². The average Bonchev–Trinajstić information content (AvgIpc) is 2.53. The van der Waals surface area contributed by atoms with E-state index in [0.717, 1.165) is 18.2 Å². The van der Waals surface area contributed by atoms with E-state index in [0.29, 0.717) is 12.1 Å². The van der Waals surface area contributed by atoms with Gasteiger partial charge in [0.05, 0.1) is 5.56 Å². The third kappa shape index (κ3) is 5.17. The van der Waals surface area contributed by atoms with Gasteiger partial charge in [0.15, 0.2) is 0 Å². The molecule has 0 saturated carbocycles. The van der Waals surface area contributed by atoms with Gasteiger partial charge in [-0.05, 0) is 35.7 Å². The Labute approximate surface area is 140 Å². The Kier molecular flexibility index (Phi) is 5.30. The summed E-state index contributed by atoms with van der Waals surface area (Å²) in [5, 5.41) is 2.80. The highest BCUT2D eigenvalue weighted by Gasteiger charge is 2.13. The monoisotopic (exact) mass is 328 g/mol. The Morgan fingerprint density at radius 3 is 2.54 bits per heavy atom. The quantitative estimate of drug-likeness (QED) is 0.857. The van der Waals surface area contributed by atoms with E-state index in [1.807, 2.05) is 20.8 Å². The van der Waals surface area contributed by atoms with Gasteiger partial charge in [-0.3, -0.25) is 4.79 Å². The Hall–Kier alpha value is -2.74. The molecule has 124 valence electrons. The summed E-state index contributed by atoms with van der Waals surface area (Å²) >= 11 is 0. The van der Waals surface area contributed by atoms with Crippen molar-refractivity contribution in [2.75, 3.05) is 6.54 Å². The normalized spacial score (nSPS) is 10.7. The summed E-state index contributed by atoms with van der Waals surface area (Å²) in [6, 6.07) is 6.25. The predicted octanol–water partition coefficient (Wildman–Crippen LogP) is 3.54. The van der Waals surface area contributed by atoms with Crippen molar-refractivity contribution in [2.45, 2.75) is 20.8 Å². The highest BCUT2D eigenvalue weighted by Crippen LogP contribution is 2.11. The fourth-order valence-corrected chi connectivity index (χ4v) is 1.77. The first-order chi connectivity index (χ1) is 11.2. The van der Waals surface area contributed by atoms with Crippen LogP contribution in [0.5, 0.6) is 0 Å². The molecule has 2 aromatic rings. The summed E-state index contributed by atoms with van der Waals surface area (Å²) < 4.78 is 26.6. The number of pyridine rings is 1. The number of nitrogens with one attached hydrogen (secondary N) is 1. The summed E-state index contributed by atoms with van der Waals surface area (Å²) in [6.07, 6.45) is 1.43. The van der Waals surface area contributed by atoms with Crippen LogP contribution in [-0.4, -0.2) is 17.4 Å². The van der Waals surface area contributed by atoms with E-state index in [1.165, 1.54) is 6.20 Å². The molecule has 0 aliphatic rings. The fraction of sp³-hybridized carbons (Fsp3) is 0.263. The number of carbonyl (C=O) groups excluding carboxylic acids is 1. The van der Waals surface area contributed by atoms with Crippen LogP contribution < -0.4 is 5.32 Å². The van der Waals surface area contributed by atoms with E-state index >= 15 is 0 Å². The van der Waals surface area contributed by atoms with Crippen molar-refractivity contribution in [3.8, 4) is 11.8 Å². The molecule has 1 N–H and O–H groups in total. The minimum absolute atomic E-state index is 0.0178. The molecular weight excluding hydrogens is 310 g/mol. The average molecular weight is 328 g/mol. The van der Waals surface area contributed by atoms with Crippen molar-refractivity contribution in [1.82, 2.24) is 10.3 Å². The van der Waals surface area contributed by atoms with Crippen LogP contribution in [0.25, 0.3) is 0 Å². The van der Waals surface area contributed by atoms with Gasteiger partial charge in [0.2, 0.25) is 0 Å². The van der Waals surface area contributed by atoms with Crippen molar-refractivity contribution in [2.24, 2.45) is 5.41 Å². The summed E-state index contributed by atoms with van der Waals surface area (Å²) in [6.45, 7) is 6.59. The van der Waals surface area contributed by atoms with Crippen molar-refractivity contribution >= 4 is 5.91 Å². The molecule has 24 heavy (non-hydrogen) atoms. The predicted molar refractivity (Wildman–Crippen MR) is 88.4 cm³/mol. The zero-order chi connectivity index (χ0) is 17.7. The van der Waals surface area contributed by atoms with Gasteiger partial charge in [0, 0.05) is 18.3 Å². The maximum absolute atomic E-state index is 13.5. The van der Waals surface area contributed by atoms with Crippen molar-refractivity contribution in [3.63, 3.8) is 0 Å². The van der Waals surface area contributed by atoms with Gasteiger partial charge in [-0.1, -0.05) is 32.6 Å². The van der Waals surface area contributed by atoms with Crippen LogP contribution in [0.4, 0.5) is 8.78 Å². The first kappa shape index (κ1) is 17.6. The molecule has 3 nitrogen and oxygen atoms in total. The number of rotatable bonds is 2. The van der Waals surface area contributed by atoms with Crippen LogP contribution in [0.3, 0.4) is 0 Å². The second-order valence-electron chi connectivity index (χ2n) is 6.55. The van der Waals surface area contributed by atoms with Gasteiger partial charge in [-0.25, -0.2) is 13.8 Å². The van der Waals surface area contributed by atoms with Gasteiger partial charge >= 0.3 is 0 Å². The van der Waals surface area contributed by atoms with Gasteiger partial charge in [-0.2, -0.15) is 0 Å².